The summed E-state index contributed by atoms with van der Waals surface area (Å²) < 4.78 is 5.35. The van der Waals surface area contributed by atoms with Crippen molar-refractivity contribution in [2.24, 2.45) is 5.73 Å². The fourth-order valence-electron chi connectivity index (χ4n) is 1.63. The van der Waals surface area contributed by atoms with Gasteiger partial charge in [0.1, 0.15) is 11.8 Å². The van der Waals surface area contributed by atoms with Crippen molar-refractivity contribution in [2.75, 3.05) is 0 Å². The number of hydrogen-bond donors (Lipinski definition) is 2. The summed E-state index contributed by atoms with van der Waals surface area (Å²) in [7, 11) is 0. The van der Waals surface area contributed by atoms with E-state index < -0.39 is 5.54 Å². The summed E-state index contributed by atoms with van der Waals surface area (Å²) >= 11 is 0. The third-order valence-corrected chi connectivity index (χ3v) is 2.65. The second-order valence-electron chi connectivity index (χ2n) is 4.67. The predicted octanol–water partition coefficient (Wildman–Crippen LogP) is 2.10. The smallest absolute Gasteiger partial charge is 0.240 e. The molecule has 0 aliphatic carbocycles. The molecule has 3 N–H and O–H groups in total. The van der Waals surface area contributed by atoms with Crippen molar-refractivity contribution in [1.29, 1.82) is 0 Å². The first-order valence-corrected chi connectivity index (χ1v) is 5.89. The van der Waals surface area contributed by atoms with Gasteiger partial charge in [0.15, 0.2) is 0 Å². The molecule has 0 bridgehead atoms. The molecule has 0 fully saturated rings. The lowest BCUT2D eigenvalue weighted by Gasteiger charge is -2.24. The minimum absolute atomic E-state index is 0. The van der Waals surface area contributed by atoms with E-state index in [-0.39, 0.29) is 24.4 Å². The minimum atomic E-state index is -0.843. The highest BCUT2D eigenvalue weighted by Gasteiger charge is 2.29. The number of nitrogens with one attached hydrogen (secondary N) is 1. The van der Waals surface area contributed by atoms with E-state index in [4.69, 9.17) is 10.2 Å². The van der Waals surface area contributed by atoms with E-state index in [1.54, 1.807) is 13.1 Å². The number of oxazole rings is 1. The van der Waals surface area contributed by atoms with Crippen molar-refractivity contribution >= 4 is 18.3 Å². The molecular weight excluding hydrogens is 254 g/mol. The van der Waals surface area contributed by atoms with E-state index in [9.17, 15) is 4.79 Å². The summed E-state index contributed by atoms with van der Waals surface area (Å²) in [6.45, 7) is 7.37. The molecule has 104 valence electrons. The number of amides is 1. The zero-order valence-corrected chi connectivity index (χ0v) is 12.1. The van der Waals surface area contributed by atoms with Crippen molar-refractivity contribution < 1.29 is 9.21 Å². The van der Waals surface area contributed by atoms with Gasteiger partial charge in [0.25, 0.3) is 0 Å². The van der Waals surface area contributed by atoms with Crippen LogP contribution in [0.4, 0.5) is 0 Å². The molecule has 6 heteroatoms. The molecule has 0 spiro atoms. The molecule has 0 saturated carbocycles. The zero-order chi connectivity index (χ0) is 13.1. The standard InChI is InChI=1S/C12H21N3O2.ClH/c1-5-6-12(4,13)11(16)15-9(3)10-14-7-8(2)17-10;/h7,9H,5-6,13H2,1-4H3,(H,15,16);1H. The molecule has 0 saturated heterocycles. The summed E-state index contributed by atoms with van der Waals surface area (Å²) in [6, 6.07) is -0.268. The Bertz CT molecular complexity index is 390. The molecule has 1 aromatic rings. The molecule has 1 rings (SSSR count). The first-order valence-electron chi connectivity index (χ1n) is 5.89. The number of rotatable bonds is 5. The number of carbonyl (C=O) groups excluding carboxylic acids is 1. The van der Waals surface area contributed by atoms with Gasteiger partial charge in [0.05, 0.1) is 11.7 Å². The maximum Gasteiger partial charge on any atom is 0.240 e. The van der Waals surface area contributed by atoms with Crippen LogP contribution in [0.1, 0.15) is 51.3 Å². The monoisotopic (exact) mass is 275 g/mol. The van der Waals surface area contributed by atoms with Gasteiger partial charge < -0.3 is 15.5 Å². The van der Waals surface area contributed by atoms with Crippen molar-refractivity contribution in [2.45, 2.75) is 52.1 Å². The van der Waals surface area contributed by atoms with Gasteiger partial charge >= 0.3 is 0 Å². The predicted molar refractivity (Wildman–Crippen MR) is 72.5 cm³/mol. The highest BCUT2D eigenvalue weighted by molar-refractivity contribution is 5.86. The molecule has 0 aliphatic heterocycles. The Morgan fingerprint density at radius 3 is 2.72 bits per heavy atom. The van der Waals surface area contributed by atoms with Crippen LogP contribution in [0.3, 0.4) is 0 Å². The van der Waals surface area contributed by atoms with Gasteiger partial charge in [-0.05, 0) is 27.2 Å². The Morgan fingerprint density at radius 2 is 2.28 bits per heavy atom. The quantitative estimate of drug-likeness (QED) is 0.862. The average molecular weight is 276 g/mol. The summed E-state index contributed by atoms with van der Waals surface area (Å²) in [4.78, 5) is 16.0. The summed E-state index contributed by atoms with van der Waals surface area (Å²) in [5.74, 6) is 1.05. The normalized spacial score (nSPS) is 15.4. The Balaban J connectivity index is 0.00000289. The summed E-state index contributed by atoms with van der Waals surface area (Å²) in [5.41, 5.74) is 5.10. The summed E-state index contributed by atoms with van der Waals surface area (Å²) in [5, 5.41) is 2.81. The number of halogens is 1. The topological polar surface area (TPSA) is 81.2 Å². The third kappa shape index (κ3) is 4.31. The highest BCUT2D eigenvalue weighted by atomic mass is 35.5. The van der Waals surface area contributed by atoms with E-state index in [0.29, 0.717) is 12.3 Å². The molecule has 5 nitrogen and oxygen atoms in total. The second-order valence-corrected chi connectivity index (χ2v) is 4.67. The van der Waals surface area contributed by atoms with Gasteiger partial charge in [-0.1, -0.05) is 13.3 Å². The lowest BCUT2D eigenvalue weighted by atomic mass is 9.96. The Labute approximate surface area is 114 Å². The van der Waals surface area contributed by atoms with Gasteiger partial charge in [-0.3, -0.25) is 4.79 Å². The SMILES string of the molecule is CCCC(C)(N)C(=O)NC(C)c1ncc(C)o1.Cl. The van der Waals surface area contributed by atoms with Crippen LogP contribution in [0.5, 0.6) is 0 Å². The lowest BCUT2D eigenvalue weighted by Crippen LogP contribution is -2.52. The maximum absolute atomic E-state index is 11.9. The second kappa shape index (κ2) is 6.75. The molecule has 2 atom stereocenters. The third-order valence-electron chi connectivity index (χ3n) is 2.65. The van der Waals surface area contributed by atoms with Crippen molar-refractivity contribution in [3.05, 3.63) is 17.8 Å². The van der Waals surface area contributed by atoms with Gasteiger partial charge in [-0.2, -0.15) is 0 Å². The Kier molecular flexibility index (Phi) is 6.35. The fourth-order valence-corrected chi connectivity index (χ4v) is 1.63. The van der Waals surface area contributed by atoms with E-state index in [1.807, 2.05) is 20.8 Å². The molecule has 2 unspecified atom stereocenters. The van der Waals surface area contributed by atoms with Crippen LogP contribution in [-0.4, -0.2) is 16.4 Å². The van der Waals surface area contributed by atoms with Crippen LogP contribution in [-0.2, 0) is 4.79 Å². The maximum atomic E-state index is 11.9. The Hall–Kier alpha value is -1.07. The van der Waals surface area contributed by atoms with Crippen LogP contribution >= 0.6 is 12.4 Å². The Morgan fingerprint density at radius 1 is 1.67 bits per heavy atom. The van der Waals surface area contributed by atoms with Crippen molar-refractivity contribution in [3.63, 3.8) is 0 Å². The van der Waals surface area contributed by atoms with Crippen LogP contribution < -0.4 is 11.1 Å². The molecular formula is C12H22ClN3O2. The van der Waals surface area contributed by atoms with Crippen LogP contribution in [0.2, 0.25) is 0 Å². The molecule has 0 radical (unpaired) electrons. The number of nitrogens with zero attached hydrogens (tertiary/aromatic N) is 1. The van der Waals surface area contributed by atoms with E-state index in [0.717, 1.165) is 12.2 Å². The van der Waals surface area contributed by atoms with E-state index >= 15 is 0 Å². The number of aryl methyl sites for hydroxylation is 1. The molecule has 0 aromatic carbocycles. The molecule has 18 heavy (non-hydrogen) atoms. The molecule has 1 aromatic heterocycles. The lowest BCUT2D eigenvalue weighted by molar-refractivity contribution is -0.126. The highest BCUT2D eigenvalue weighted by Crippen LogP contribution is 2.15. The zero-order valence-electron chi connectivity index (χ0n) is 11.3. The average Bonchev–Trinajstić information content (AvgIpc) is 2.64. The van der Waals surface area contributed by atoms with Crippen molar-refractivity contribution in [1.82, 2.24) is 10.3 Å². The molecule has 1 heterocycles. The van der Waals surface area contributed by atoms with Gasteiger partial charge in [0, 0.05) is 0 Å². The van der Waals surface area contributed by atoms with Crippen LogP contribution in [0.25, 0.3) is 0 Å². The van der Waals surface area contributed by atoms with Crippen LogP contribution in [0, 0.1) is 6.92 Å². The van der Waals surface area contributed by atoms with Crippen LogP contribution in [0.15, 0.2) is 10.6 Å². The minimum Gasteiger partial charge on any atom is -0.444 e. The summed E-state index contributed by atoms with van der Waals surface area (Å²) in [6.07, 6.45) is 3.15. The first-order chi connectivity index (χ1) is 7.86. The molecule has 0 aliphatic rings. The number of nitrogens with two attached hydrogens (primary N) is 1. The largest absolute Gasteiger partial charge is 0.444 e. The molecule has 1 amide bonds. The van der Waals surface area contributed by atoms with Gasteiger partial charge in [-0.25, -0.2) is 4.98 Å². The van der Waals surface area contributed by atoms with Gasteiger partial charge in [0.2, 0.25) is 11.8 Å². The van der Waals surface area contributed by atoms with E-state index in [1.165, 1.54) is 0 Å². The van der Waals surface area contributed by atoms with E-state index in [2.05, 4.69) is 10.3 Å². The number of carbonyl (C=O) groups is 1. The number of aromatic nitrogens is 1. The van der Waals surface area contributed by atoms with Crippen molar-refractivity contribution in [3.8, 4) is 0 Å². The number of hydrogen-bond acceptors (Lipinski definition) is 4. The fraction of sp³-hybridized carbons (Fsp3) is 0.667. The van der Waals surface area contributed by atoms with Gasteiger partial charge in [-0.15, -0.1) is 12.4 Å². The first kappa shape index (κ1) is 16.9.